The first kappa shape index (κ1) is 21.9. The third-order valence-electron chi connectivity index (χ3n) is 5.33. The molecule has 0 unspecified atom stereocenters. The fourth-order valence-corrected chi connectivity index (χ4v) is 5.81. The quantitative estimate of drug-likeness (QED) is 0.425. The second-order valence-electron chi connectivity index (χ2n) is 7.64. The molecule has 2 aromatic heterocycles. The zero-order chi connectivity index (χ0) is 22.1. The van der Waals surface area contributed by atoms with Crippen LogP contribution in [-0.4, -0.2) is 50.5 Å². The van der Waals surface area contributed by atoms with Crippen LogP contribution in [-0.2, 0) is 17.8 Å². The van der Waals surface area contributed by atoms with E-state index in [0.29, 0.717) is 33.7 Å². The minimum absolute atomic E-state index is 0.141. The molecule has 7 nitrogen and oxygen atoms in total. The highest BCUT2D eigenvalue weighted by Crippen LogP contribution is 2.35. The first-order chi connectivity index (χ1) is 14.9. The Labute approximate surface area is 188 Å². The molecule has 1 aromatic carbocycles. The number of nitrogens with zero attached hydrogens (tertiary/aromatic N) is 3. The number of carboxylic acids is 1. The second-order valence-corrected chi connectivity index (χ2v) is 9.67. The molecule has 0 atom stereocenters. The van der Waals surface area contributed by atoms with Gasteiger partial charge in [0.05, 0.1) is 23.4 Å². The molecule has 0 amide bonds. The van der Waals surface area contributed by atoms with Gasteiger partial charge >= 0.3 is 5.97 Å². The van der Waals surface area contributed by atoms with Gasteiger partial charge in [0.25, 0.3) is 5.56 Å². The maximum absolute atomic E-state index is 13.7. The van der Waals surface area contributed by atoms with Crippen molar-refractivity contribution in [3.63, 3.8) is 0 Å². The van der Waals surface area contributed by atoms with Crippen LogP contribution < -0.4 is 10.3 Å². The summed E-state index contributed by atoms with van der Waals surface area (Å²) in [5.41, 5.74) is 1.59. The number of aliphatic carboxylic acids is 1. The molecule has 0 saturated heterocycles. The van der Waals surface area contributed by atoms with Crippen LogP contribution >= 0.6 is 23.1 Å². The van der Waals surface area contributed by atoms with E-state index in [1.165, 1.54) is 9.44 Å². The SMILES string of the molecule is CCOc1ccc(-n2c(SCC(=O)O)nc3sc4c(c3c2=O)CCN(C(C)C)C4)cc1. The normalized spacial score (nSPS) is 14.2. The topological polar surface area (TPSA) is 84.7 Å². The minimum Gasteiger partial charge on any atom is -0.494 e. The number of thiophene rings is 1. The molecule has 0 spiro atoms. The fraction of sp³-hybridized carbons (Fsp3) is 0.409. The first-order valence-corrected chi connectivity index (χ1v) is 12.1. The number of ether oxygens (including phenoxy) is 1. The molecule has 31 heavy (non-hydrogen) atoms. The maximum Gasteiger partial charge on any atom is 0.313 e. The van der Waals surface area contributed by atoms with Crippen molar-refractivity contribution >= 4 is 39.3 Å². The van der Waals surface area contributed by atoms with Crippen LogP contribution in [0.2, 0.25) is 0 Å². The molecule has 1 aliphatic rings. The number of benzene rings is 1. The average molecular weight is 460 g/mol. The summed E-state index contributed by atoms with van der Waals surface area (Å²) in [6.45, 7) is 8.55. The summed E-state index contributed by atoms with van der Waals surface area (Å²) in [5, 5.41) is 10.2. The third-order valence-corrected chi connectivity index (χ3v) is 7.37. The van der Waals surface area contributed by atoms with Crippen molar-refractivity contribution in [1.29, 1.82) is 0 Å². The van der Waals surface area contributed by atoms with Gasteiger partial charge in [-0.15, -0.1) is 11.3 Å². The van der Waals surface area contributed by atoms with Crippen LogP contribution in [0.4, 0.5) is 0 Å². The average Bonchev–Trinajstić information content (AvgIpc) is 3.11. The molecule has 0 bridgehead atoms. The first-order valence-electron chi connectivity index (χ1n) is 10.3. The lowest BCUT2D eigenvalue weighted by atomic mass is 10.0. The Kier molecular flexibility index (Phi) is 6.36. The Balaban J connectivity index is 1.86. The van der Waals surface area contributed by atoms with E-state index < -0.39 is 5.97 Å². The zero-order valence-electron chi connectivity index (χ0n) is 17.8. The number of carbonyl (C=O) groups is 1. The number of hydrogen-bond acceptors (Lipinski definition) is 7. The van der Waals surface area contributed by atoms with E-state index in [1.807, 2.05) is 31.2 Å². The Morgan fingerprint density at radius 1 is 1.32 bits per heavy atom. The molecule has 0 fully saturated rings. The summed E-state index contributed by atoms with van der Waals surface area (Å²) in [4.78, 5) is 33.9. The van der Waals surface area contributed by atoms with Crippen molar-refractivity contribution in [2.24, 2.45) is 0 Å². The van der Waals surface area contributed by atoms with E-state index in [9.17, 15) is 14.7 Å². The summed E-state index contributed by atoms with van der Waals surface area (Å²) in [7, 11) is 0. The molecule has 1 N–H and O–H groups in total. The van der Waals surface area contributed by atoms with Crippen molar-refractivity contribution in [2.45, 2.75) is 44.9 Å². The van der Waals surface area contributed by atoms with E-state index >= 15 is 0 Å². The van der Waals surface area contributed by atoms with Crippen molar-refractivity contribution < 1.29 is 14.6 Å². The van der Waals surface area contributed by atoms with Crippen molar-refractivity contribution in [2.75, 3.05) is 18.9 Å². The number of rotatable bonds is 7. The van der Waals surface area contributed by atoms with Gasteiger partial charge in [0.15, 0.2) is 5.16 Å². The minimum atomic E-state index is -0.948. The molecule has 0 saturated carbocycles. The van der Waals surface area contributed by atoms with E-state index in [0.717, 1.165) is 42.6 Å². The van der Waals surface area contributed by atoms with Crippen LogP contribution in [0.3, 0.4) is 0 Å². The van der Waals surface area contributed by atoms with Gasteiger partial charge in [0, 0.05) is 24.0 Å². The van der Waals surface area contributed by atoms with Gasteiger partial charge in [0.1, 0.15) is 10.6 Å². The monoisotopic (exact) mass is 459 g/mol. The lowest BCUT2D eigenvalue weighted by Crippen LogP contribution is -2.35. The molecular weight excluding hydrogens is 434 g/mol. The summed E-state index contributed by atoms with van der Waals surface area (Å²) in [6.07, 6.45) is 0.815. The summed E-state index contributed by atoms with van der Waals surface area (Å²) in [5.74, 6) is -0.397. The van der Waals surface area contributed by atoms with E-state index in [1.54, 1.807) is 11.3 Å². The number of hydrogen-bond donors (Lipinski definition) is 1. The smallest absolute Gasteiger partial charge is 0.313 e. The molecule has 4 rings (SSSR count). The Morgan fingerprint density at radius 3 is 2.71 bits per heavy atom. The molecule has 9 heteroatoms. The van der Waals surface area contributed by atoms with Crippen molar-refractivity contribution in [3.05, 3.63) is 45.1 Å². The standard InChI is InChI=1S/C22H25N3O4S2/c1-4-29-15-7-5-14(6-8-15)25-21(28)19-16-9-10-24(13(2)3)11-17(16)31-20(19)23-22(25)30-12-18(26)27/h5-8,13H,4,9-12H2,1-3H3,(H,26,27). The zero-order valence-corrected chi connectivity index (χ0v) is 19.4. The highest BCUT2D eigenvalue weighted by Gasteiger charge is 2.26. The summed E-state index contributed by atoms with van der Waals surface area (Å²) in [6, 6.07) is 7.68. The molecule has 164 valence electrons. The number of fused-ring (bicyclic) bond motifs is 3. The molecule has 3 heterocycles. The maximum atomic E-state index is 13.7. The van der Waals surface area contributed by atoms with Gasteiger partial charge in [-0.3, -0.25) is 19.1 Å². The Hall–Kier alpha value is -2.36. The van der Waals surface area contributed by atoms with E-state index in [4.69, 9.17) is 9.72 Å². The summed E-state index contributed by atoms with van der Waals surface area (Å²) < 4.78 is 7.04. The van der Waals surface area contributed by atoms with Gasteiger partial charge in [-0.05, 0) is 57.0 Å². The lowest BCUT2D eigenvalue weighted by molar-refractivity contribution is -0.133. The third kappa shape index (κ3) is 4.35. The fourth-order valence-electron chi connectivity index (χ4n) is 3.79. The van der Waals surface area contributed by atoms with Gasteiger partial charge in [0.2, 0.25) is 0 Å². The predicted octanol–water partition coefficient (Wildman–Crippen LogP) is 3.79. The Bertz CT molecular complexity index is 1170. The molecule has 0 radical (unpaired) electrons. The van der Waals surface area contributed by atoms with E-state index in [2.05, 4.69) is 18.7 Å². The number of carboxylic acid groups (broad SMARTS) is 1. The van der Waals surface area contributed by atoms with Crippen LogP contribution in [0.15, 0.2) is 34.2 Å². The lowest BCUT2D eigenvalue weighted by Gasteiger charge is -2.30. The number of thioether (sulfide) groups is 1. The number of aromatic nitrogens is 2. The largest absolute Gasteiger partial charge is 0.494 e. The highest BCUT2D eigenvalue weighted by molar-refractivity contribution is 7.99. The van der Waals surface area contributed by atoms with Gasteiger partial charge < -0.3 is 9.84 Å². The highest BCUT2D eigenvalue weighted by atomic mass is 32.2. The molecule has 1 aliphatic heterocycles. The molecular formula is C22H25N3O4S2. The van der Waals surface area contributed by atoms with Crippen LogP contribution in [0, 0.1) is 0 Å². The van der Waals surface area contributed by atoms with Gasteiger partial charge in [-0.2, -0.15) is 0 Å². The second kappa shape index (κ2) is 9.02. The van der Waals surface area contributed by atoms with Crippen molar-refractivity contribution in [1.82, 2.24) is 14.5 Å². The van der Waals surface area contributed by atoms with Gasteiger partial charge in [-0.25, -0.2) is 4.98 Å². The van der Waals surface area contributed by atoms with Crippen LogP contribution in [0.1, 0.15) is 31.2 Å². The van der Waals surface area contributed by atoms with Crippen molar-refractivity contribution in [3.8, 4) is 11.4 Å². The van der Waals surface area contributed by atoms with Crippen LogP contribution in [0.25, 0.3) is 15.9 Å². The molecule has 3 aromatic rings. The predicted molar refractivity (Wildman–Crippen MR) is 124 cm³/mol. The summed E-state index contributed by atoms with van der Waals surface area (Å²) >= 11 is 2.61. The van der Waals surface area contributed by atoms with E-state index in [-0.39, 0.29) is 11.3 Å². The Morgan fingerprint density at radius 2 is 2.06 bits per heavy atom. The van der Waals surface area contributed by atoms with Crippen LogP contribution in [0.5, 0.6) is 5.75 Å². The molecule has 0 aliphatic carbocycles. The van der Waals surface area contributed by atoms with Gasteiger partial charge in [-0.1, -0.05) is 11.8 Å².